The maximum Gasteiger partial charge on any atom is 0.238 e. The third kappa shape index (κ3) is 3.74. The lowest BCUT2D eigenvalue weighted by molar-refractivity contribution is -0.120. The van der Waals surface area contributed by atoms with Gasteiger partial charge in [-0.05, 0) is 49.2 Å². The van der Waals surface area contributed by atoms with Crippen molar-refractivity contribution in [3.8, 4) is 0 Å². The van der Waals surface area contributed by atoms with Crippen LogP contribution in [0.3, 0.4) is 0 Å². The molecule has 1 heterocycles. The highest BCUT2D eigenvalue weighted by Gasteiger charge is 2.28. The van der Waals surface area contributed by atoms with Gasteiger partial charge in [0.15, 0.2) is 0 Å². The topological polar surface area (TPSA) is 58.2 Å². The molecular weight excluding hydrogens is 308 g/mol. The van der Waals surface area contributed by atoms with Crippen LogP contribution in [0.2, 0.25) is 0 Å². The van der Waals surface area contributed by atoms with Crippen molar-refractivity contribution in [2.45, 2.75) is 30.4 Å². The van der Waals surface area contributed by atoms with Crippen LogP contribution in [-0.2, 0) is 9.59 Å². The van der Waals surface area contributed by atoms with Crippen molar-refractivity contribution >= 4 is 35.0 Å². The second kappa shape index (κ2) is 6.46. The molecule has 3 rings (SSSR count). The molecule has 5 heteroatoms. The van der Waals surface area contributed by atoms with Crippen molar-refractivity contribution in [3.63, 3.8) is 0 Å². The summed E-state index contributed by atoms with van der Waals surface area (Å²) in [6.07, 6.45) is 0.151. The summed E-state index contributed by atoms with van der Waals surface area (Å²) in [6, 6.07) is 13.5. The predicted molar refractivity (Wildman–Crippen MR) is 93.9 cm³/mol. The Hall–Kier alpha value is -2.27. The zero-order valence-corrected chi connectivity index (χ0v) is 13.9. The van der Waals surface area contributed by atoms with Gasteiger partial charge in [-0.1, -0.05) is 18.2 Å². The van der Waals surface area contributed by atoms with Gasteiger partial charge < -0.3 is 10.6 Å². The molecule has 1 aliphatic rings. The second-order valence-corrected chi connectivity index (χ2v) is 6.97. The third-order valence-corrected chi connectivity index (χ3v) is 4.86. The number of anilines is 2. The lowest BCUT2D eigenvalue weighted by Crippen LogP contribution is -2.32. The van der Waals surface area contributed by atoms with E-state index in [-0.39, 0.29) is 18.2 Å². The van der Waals surface area contributed by atoms with Gasteiger partial charge in [0.2, 0.25) is 11.8 Å². The third-order valence-electron chi connectivity index (χ3n) is 3.58. The minimum absolute atomic E-state index is 0.121. The van der Waals surface area contributed by atoms with Crippen molar-refractivity contribution in [2.75, 3.05) is 10.6 Å². The Bertz CT molecular complexity index is 753. The molecule has 0 radical (unpaired) electrons. The number of benzene rings is 2. The molecule has 0 spiro atoms. The minimum atomic E-state index is -0.407. The number of amides is 2. The SMILES string of the molecule is Cc1cc(C)cc(NC(=O)C[C@H]2Sc3ccccc3NC2=O)c1. The fourth-order valence-corrected chi connectivity index (χ4v) is 3.76. The molecule has 2 amide bonds. The number of aryl methyl sites for hydroxylation is 2. The van der Waals surface area contributed by atoms with Gasteiger partial charge in [0.05, 0.1) is 10.9 Å². The Labute approximate surface area is 139 Å². The maximum absolute atomic E-state index is 12.3. The van der Waals surface area contributed by atoms with Gasteiger partial charge in [-0.3, -0.25) is 9.59 Å². The van der Waals surface area contributed by atoms with Crippen molar-refractivity contribution < 1.29 is 9.59 Å². The van der Waals surface area contributed by atoms with Crippen molar-refractivity contribution in [2.24, 2.45) is 0 Å². The summed E-state index contributed by atoms with van der Waals surface area (Å²) in [7, 11) is 0. The normalized spacial score (nSPS) is 16.4. The van der Waals surface area contributed by atoms with E-state index in [1.54, 1.807) is 0 Å². The average Bonchev–Trinajstić information content (AvgIpc) is 2.46. The van der Waals surface area contributed by atoms with Crippen LogP contribution in [0.15, 0.2) is 47.4 Å². The number of nitrogens with one attached hydrogen (secondary N) is 2. The van der Waals surface area contributed by atoms with Gasteiger partial charge in [0, 0.05) is 17.0 Å². The van der Waals surface area contributed by atoms with Gasteiger partial charge in [-0.25, -0.2) is 0 Å². The molecule has 0 bridgehead atoms. The van der Waals surface area contributed by atoms with Crippen LogP contribution in [0.25, 0.3) is 0 Å². The summed E-state index contributed by atoms with van der Waals surface area (Å²) >= 11 is 1.44. The zero-order chi connectivity index (χ0) is 16.4. The van der Waals surface area contributed by atoms with Gasteiger partial charge in [-0.15, -0.1) is 11.8 Å². The zero-order valence-electron chi connectivity index (χ0n) is 13.1. The van der Waals surface area contributed by atoms with Gasteiger partial charge in [-0.2, -0.15) is 0 Å². The number of thioether (sulfide) groups is 1. The molecule has 2 aromatic rings. The Morgan fingerprint density at radius 1 is 1.17 bits per heavy atom. The number of rotatable bonds is 3. The van der Waals surface area contributed by atoms with E-state index in [9.17, 15) is 9.59 Å². The van der Waals surface area contributed by atoms with E-state index in [4.69, 9.17) is 0 Å². The van der Waals surface area contributed by atoms with Crippen molar-refractivity contribution in [1.82, 2.24) is 0 Å². The molecule has 0 saturated heterocycles. The lowest BCUT2D eigenvalue weighted by atomic mass is 10.1. The number of carbonyl (C=O) groups is 2. The highest BCUT2D eigenvalue weighted by atomic mass is 32.2. The van der Waals surface area contributed by atoms with E-state index in [2.05, 4.69) is 16.7 Å². The number of hydrogen-bond acceptors (Lipinski definition) is 3. The molecule has 2 aromatic carbocycles. The van der Waals surface area contributed by atoms with E-state index < -0.39 is 5.25 Å². The summed E-state index contributed by atoms with van der Waals surface area (Å²) in [5, 5.41) is 5.33. The molecule has 0 fully saturated rings. The molecule has 23 heavy (non-hydrogen) atoms. The Morgan fingerprint density at radius 2 is 1.87 bits per heavy atom. The fraction of sp³-hybridized carbons (Fsp3) is 0.222. The standard InChI is InChI=1S/C18H18N2O2S/c1-11-7-12(2)9-13(8-11)19-17(21)10-16-18(22)20-14-5-3-4-6-15(14)23-16/h3-9,16H,10H2,1-2H3,(H,19,21)(H,20,22)/t16-/m1/s1. The maximum atomic E-state index is 12.3. The van der Waals surface area contributed by atoms with Crippen LogP contribution in [0.5, 0.6) is 0 Å². The molecule has 0 saturated carbocycles. The molecule has 0 aromatic heterocycles. The van der Waals surface area contributed by atoms with Crippen molar-refractivity contribution in [1.29, 1.82) is 0 Å². The van der Waals surface area contributed by atoms with Crippen LogP contribution in [-0.4, -0.2) is 17.1 Å². The van der Waals surface area contributed by atoms with Crippen LogP contribution in [0, 0.1) is 13.8 Å². The summed E-state index contributed by atoms with van der Waals surface area (Å²) in [5.74, 6) is -0.272. The Balaban J connectivity index is 1.67. The Morgan fingerprint density at radius 3 is 2.61 bits per heavy atom. The largest absolute Gasteiger partial charge is 0.326 e. The molecular formula is C18H18N2O2S. The fourth-order valence-electron chi connectivity index (χ4n) is 2.65. The van der Waals surface area contributed by atoms with Crippen molar-refractivity contribution in [3.05, 3.63) is 53.6 Å². The molecule has 1 aliphatic heterocycles. The summed E-state index contributed by atoms with van der Waals surface area (Å²) in [6.45, 7) is 3.98. The monoisotopic (exact) mass is 326 g/mol. The van der Waals surface area contributed by atoms with E-state index in [0.717, 1.165) is 27.4 Å². The predicted octanol–water partition coefficient (Wildman–Crippen LogP) is 3.75. The quantitative estimate of drug-likeness (QED) is 0.903. The summed E-state index contributed by atoms with van der Waals surface area (Å²) in [5.41, 5.74) is 3.78. The van der Waals surface area contributed by atoms with Crippen LogP contribution in [0.1, 0.15) is 17.5 Å². The minimum Gasteiger partial charge on any atom is -0.326 e. The summed E-state index contributed by atoms with van der Waals surface area (Å²) < 4.78 is 0. The van der Waals surface area contributed by atoms with Crippen LogP contribution >= 0.6 is 11.8 Å². The van der Waals surface area contributed by atoms with Crippen LogP contribution < -0.4 is 10.6 Å². The second-order valence-electron chi connectivity index (χ2n) is 5.72. The molecule has 118 valence electrons. The molecule has 2 N–H and O–H groups in total. The number of para-hydroxylation sites is 1. The molecule has 4 nitrogen and oxygen atoms in total. The van der Waals surface area contributed by atoms with E-state index in [1.807, 2.05) is 50.2 Å². The molecule has 1 atom stereocenters. The van der Waals surface area contributed by atoms with Gasteiger partial charge in [0.1, 0.15) is 0 Å². The highest BCUT2D eigenvalue weighted by Crippen LogP contribution is 2.36. The highest BCUT2D eigenvalue weighted by molar-refractivity contribution is 8.01. The summed E-state index contributed by atoms with van der Waals surface area (Å²) in [4.78, 5) is 25.4. The molecule has 0 aliphatic carbocycles. The van der Waals surface area contributed by atoms with E-state index in [1.165, 1.54) is 11.8 Å². The molecule has 0 unspecified atom stereocenters. The number of fused-ring (bicyclic) bond motifs is 1. The first-order valence-electron chi connectivity index (χ1n) is 7.46. The van der Waals surface area contributed by atoms with E-state index in [0.29, 0.717) is 0 Å². The first kappa shape index (κ1) is 15.6. The van der Waals surface area contributed by atoms with Gasteiger partial charge in [0.25, 0.3) is 0 Å². The van der Waals surface area contributed by atoms with Crippen LogP contribution in [0.4, 0.5) is 11.4 Å². The smallest absolute Gasteiger partial charge is 0.238 e. The number of hydrogen-bond donors (Lipinski definition) is 2. The lowest BCUT2D eigenvalue weighted by Gasteiger charge is -2.23. The number of carbonyl (C=O) groups excluding carboxylic acids is 2. The Kier molecular flexibility index (Phi) is 4.39. The average molecular weight is 326 g/mol. The first-order valence-corrected chi connectivity index (χ1v) is 8.34. The van der Waals surface area contributed by atoms with Gasteiger partial charge >= 0.3 is 0 Å². The first-order chi connectivity index (χ1) is 11.0. The van der Waals surface area contributed by atoms with E-state index >= 15 is 0 Å².